The van der Waals surface area contributed by atoms with Crippen molar-refractivity contribution in [3.8, 4) is 0 Å². The summed E-state index contributed by atoms with van der Waals surface area (Å²) >= 11 is 1.22. The number of alkyl halides is 3. The van der Waals surface area contributed by atoms with Crippen LogP contribution in [0.4, 0.5) is 18.3 Å². The summed E-state index contributed by atoms with van der Waals surface area (Å²) in [4.78, 5) is 15.1. The number of hydrogen-bond acceptors (Lipinski definition) is 5. The average molecular weight is 316 g/mol. The van der Waals surface area contributed by atoms with Gasteiger partial charge in [0.05, 0.1) is 5.56 Å². The number of halogens is 3. The zero-order chi connectivity index (χ0) is 15.6. The average Bonchev–Trinajstić information content (AvgIpc) is 2.86. The molecule has 0 saturated carbocycles. The Kier molecular flexibility index (Phi) is 4.21. The number of carbonyl (C=O) groups is 1. The minimum atomic E-state index is -4.53. The first-order chi connectivity index (χ1) is 9.77. The maximum Gasteiger partial charge on any atom is 0.433 e. The first-order valence-corrected chi connectivity index (χ1v) is 6.77. The number of nitrogens with one attached hydrogen (secondary N) is 1. The van der Waals surface area contributed by atoms with E-state index in [1.165, 1.54) is 11.3 Å². The quantitative estimate of drug-likeness (QED) is 0.943. The zero-order valence-corrected chi connectivity index (χ0v) is 11.9. The maximum absolute atomic E-state index is 12.4. The molecule has 0 aromatic carbocycles. The van der Waals surface area contributed by atoms with Gasteiger partial charge in [0, 0.05) is 12.1 Å². The molecule has 0 spiro atoms. The van der Waals surface area contributed by atoms with Crippen molar-refractivity contribution in [1.29, 1.82) is 0 Å². The van der Waals surface area contributed by atoms with E-state index in [1.807, 2.05) is 13.8 Å². The molecule has 0 aliphatic carbocycles. The minimum Gasteiger partial charge on any atom is -0.296 e. The number of pyridine rings is 1. The van der Waals surface area contributed by atoms with Crippen LogP contribution in [0, 0.1) is 0 Å². The van der Waals surface area contributed by atoms with Crippen molar-refractivity contribution in [1.82, 2.24) is 15.2 Å². The Balaban J connectivity index is 2.09. The van der Waals surface area contributed by atoms with E-state index in [2.05, 4.69) is 20.5 Å². The third-order valence-corrected chi connectivity index (χ3v) is 3.61. The summed E-state index contributed by atoms with van der Waals surface area (Å²) < 4.78 is 37.1. The molecular formula is C12H11F3N4OS. The van der Waals surface area contributed by atoms with Gasteiger partial charge in [-0.3, -0.25) is 15.1 Å². The molecule has 0 atom stereocenters. The van der Waals surface area contributed by atoms with Gasteiger partial charge >= 0.3 is 6.18 Å². The van der Waals surface area contributed by atoms with Gasteiger partial charge in [-0.15, -0.1) is 10.2 Å². The van der Waals surface area contributed by atoms with Gasteiger partial charge in [0.1, 0.15) is 10.7 Å². The lowest BCUT2D eigenvalue weighted by Crippen LogP contribution is -2.14. The predicted octanol–water partition coefficient (Wildman–Crippen LogP) is 3.33. The van der Waals surface area contributed by atoms with Crippen LogP contribution in [0.25, 0.3) is 0 Å². The van der Waals surface area contributed by atoms with Crippen LogP contribution < -0.4 is 5.32 Å². The van der Waals surface area contributed by atoms with E-state index < -0.39 is 17.8 Å². The van der Waals surface area contributed by atoms with E-state index in [9.17, 15) is 18.0 Å². The fourth-order valence-corrected chi connectivity index (χ4v) is 2.12. The number of rotatable bonds is 3. The monoisotopic (exact) mass is 316 g/mol. The van der Waals surface area contributed by atoms with E-state index in [0.29, 0.717) is 5.13 Å². The molecule has 1 amide bonds. The molecule has 2 rings (SSSR count). The maximum atomic E-state index is 12.4. The summed E-state index contributed by atoms with van der Waals surface area (Å²) in [5.74, 6) is -0.399. The van der Waals surface area contributed by atoms with E-state index in [-0.39, 0.29) is 11.5 Å². The van der Waals surface area contributed by atoms with Gasteiger partial charge < -0.3 is 0 Å². The van der Waals surface area contributed by atoms with E-state index in [0.717, 1.165) is 23.3 Å². The molecular weight excluding hydrogens is 305 g/mol. The standard InChI is InChI=1S/C12H11F3N4OS/c1-6(2)10-18-19-11(21-10)17-9(20)7-3-4-8(16-5-7)12(13,14)15/h3-6H,1-2H3,(H,17,19,20). The van der Waals surface area contributed by atoms with Crippen molar-refractivity contribution in [2.45, 2.75) is 25.9 Å². The van der Waals surface area contributed by atoms with Gasteiger partial charge in [-0.1, -0.05) is 25.2 Å². The van der Waals surface area contributed by atoms with Crippen molar-refractivity contribution in [2.24, 2.45) is 0 Å². The summed E-state index contributed by atoms with van der Waals surface area (Å²) in [5.41, 5.74) is -1.03. The largest absolute Gasteiger partial charge is 0.433 e. The Morgan fingerprint density at radius 2 is 2.00 bits per heavy atom. The van der Waals surface area contributed by atoms with Gasteiger partial charge in [0.2, 0.25) is 5.13 Å². The topological polar surface area (TPSA) is 67.8 Å². The smallest absolute Gasteiger partial charge is 0.296 e. The zero-order valence-electron chi connectivity index (χ0n) is 11.1. The van der Waals surface area contributed by atoms with Gasteiger partial charge in [-0.25, -0.2) is 0 Å². The first kappa shape index (κ1) is 15.4. The molecule has 5 nitrogen and oxygen atoms in total. The lowest BCUT2D eigenvalue weighted by molar-refractivity contribution is -0.141. The summed E-state index contributed by atoms with van der Waals surface area (Å²) in [5, 5.41) is 11.2. The fourth-order valence-electron chi connectivity index (χ4n) is 1.38. The Hall–Kier alpha value is -2.03. The molecule has 0 bridgehead atoms. The Morgan fingerprint density at radius 3 is 2.48 bits per heavy atom. The van der Waals surface area contributed by atoms with Crippen molar-refractivity contribution in [3.63, 3.8) is 0 Å². The first-order valence-electron chi connectivity index (χ1n) is 5.95. The second-order valence-electron chi connectivity index (χ2n) is 4.48. The number of nitrogens with zero attached hydrogens (tertiary/aromatic N) is 3. The molecule has 0 unspecified atom stereocenters. The fraction of sp³-hybridized carbons (Fsp3) is 0.333. The molecule has 0 aliphatic heterocycles. The summed E-state index contributed by atoms with van der Waals surface area (Å²) in [6.45, 7) is 3.87. The Bertz CT molecular complexity index is 637. The minimum absolute atomic E-state index is 0.0179. The van der Waals surface area contributed by atoms with Crippen molar-refractivity contribution in [2.75, 3.05) is 5.32 Å². The van der Waals surface area contributed by atoms with Gasteiger partial charge in [0.25, 0.3) is 5.91 Å². The molecule has 0 saturated heterocycles. The third kappa shape index (κ3) is 3.75. The van der Waals surface area contributed by atoms with Crippen molar-refractivity contribution >= 4 is 22.4 Å². The molecule has 0 radical (unpaired) electrons. The van der Waals surface area contributed by atoms with Gasteiger partial charge in [-0.05, 0) is 12.1 Å². The normalized spacial score (nSPS) is 11.7. The highest BCUT2D eigenvalue weighted by atomic mass is 32.1. The van der Waals surface area contributed by atoms with E-state index >= 15 is 0 Å². The van der Waals surface area contributed by atoms with Gasteiger partial charge in [-0.2, -0.15) is 13.2 Å². The van der Waals surface area contributed by atoms with Crippen LogP contribution in [-0.4, -0.2) is 21.1 Å². The van der Waals surface area contributed by atoms with Crippen LogP contribution in [0.15, 0.2) is 18.3 Å². The lowest BCUT2D eigenvalue weighted by Gasteiger charge is -2.06. The second kappa shape index (κ2) is 5.76. The second-order valence-corrected chi connectivity index (χ2v) is 5.49. The molecule has 2 heterocycles. The highest BCUT2D eigenvalue weighted by molar-refractivity contribution is 7.15. The van der Waals surface area contributed by atoms with Crippen molar-refractivity contribution < 1.29 is 18.0 Å². The van der Waals surface area contributed by atoms with E-state index in [1.54, 1.807) is 0 Å². The lowest BCUT2D eigenvalue weighted by atomic mass is 10.2. The highest BCUT2D eigenvalue weighted by Gasteiger charge is 2.32. The molecule has 0 fully saturated rings. The Labute approximate surface area is 122 Å². The molecule has 2 aromatic heterocycles. The number of anilines is 1. The van der Waals surface area contributed by atoms with Gasteiger partial charge in [0.15, 0.2) is 0 Å². The molecule has 21 heavy (non-hydrogen) atoms. The van der Waals surface area contributed by atoms with Crippen LogP contribution in [0.2, 0.25) is 0 Å². The summed E-state index contributed by atoms with van der Waals surface area (Å²) in [6.07, 6.45) is -3.65. The molecule has 0 aliphatic rings. The van der Waals surface area contributed by atoms with Crippen LogP contribution in [0.3, 0.4) is 0 Å². The van der Waals surface area contributed by atoms with E-state index in [4.69, 9.17) is 0 Å². The third-order valence-electron chi connectivity index (χ3n) is 2.47. The van der Waals surface area contributed by atoms with Crippen LogP contribution in [0.5, 0.6) is 0 Å². The van der Waals surface area contributed by atoms with Crippen LogP contribution >= 0.6 is 11.3 Å². The summed E-state index contributed by atoms with van der Waals surface area (Å²) in [7, 11) is 0. The molecule has 1 N–H and O–H groups in total. The SMILES string of the molecule is CC(C)c1nnc(NC(=O)c2ccc(C(F)(F)F)nc2)s1. The number of carbonyl (C=O) groups excluding carboxylic acids is 1. The number of hydrogen-bond donors (Lipinski definition) is 1. The van der Waals surface area contributed by atoms with Crippen LogP contribution in [0.1, 0.15) is 40.8 Å². The molecule has 112 valence electrons. The molecule has 9 heteroatoms. The number of aromatic nitrogens is 3. The molecule has 2 aromatic rings. The summed E-state index contributed by atoms with van der Waals surface area (Å²) in [6, 6.07) is 1.82. The van der Waals surface area contributed by atoms with Crippen LogP contribution in [-0.2, 0) is 6.18 Å². The predicted molar refractivity (Wildman–Crippen MR) is 71.2 cm³/mol. The Morgan fingerprint density at radius 1 is 1.29 bits per heavy atom. The van der Waals surface area contributed by atoms with Crippen molar-refractivity contribution in [3.05, 3.63) is 34.6 Å². The highest BCUT2D eigenvalue weighted by Crippen LogP contribution is 2.27. The number of amides is 1.